The fourth-order valence-corrected chi connectivity index (χ4v) is 3.14. The first-order valence-electron chi connectivity index (χ1n) is 9.07. The molecule has 29 heavy (non-hydrogen) atoms. The van der Waals surface area contributed by atoms with Crippen LogP contribution in [0, 0.1) is 5.82 Å². The summed E-state index contributed by atoms with van der Waals surface area (Å²) in [5.74, 6) is 4.36. The van der Waals surface area contributed by atoms with Crippen LogP contribution in [-0.4, -0.2) is 68.5 Å². The zero-order chi connectivity index (χ0) is 21.0. The predicted octanol–water partition coefficient (Wildman–Crippen LogP) is -0.0761. The van der Waals surface area contributed by atoms with Crippen molar-refractivity contribution in [3.05, 3.63) is 24.0 Å². The number of hydroxylamine groups is 2. The van der Waals surface area contributed by atoms with Gasteiger partial charge in [0.2, 0.25) is 5.91 Å². The van der Waals surface area contributed by atoms with E-state index in [0.717, 1.165) is 5.06 Å². The number of anilines is 2. The molecule has 0 aliphatic carbocycles. The molecule has 4 N–H and O–H groups in total. The monoisotopic (exact) mass is 410 g/mol. The molecule has 1 aromatic rings. The summed E-state index contributed by atoms with van der Waals surface area (Å²) in [7, 11) is 0. The average Bonchev–Trinajstić information content (AvgIpc) is 2.90. The molecule has 2 heterocycles. The second kappa shape index (κ2) is 8.92. The zero-order valence-corrected chi connectivity index (χ0v) is 15.9. The Morgan fingerprint density at radius 3 is 2.79 bits per heavy atom. The van der Waals surface area contributed by atoms with E-state index in [1.165, 1.54) is 17.9 Å². The zero-order valence-electron chi connectivity index (χ0n) is 15.9. The smallest absolute Gasteiger partial charge is 0.414 e. The first-order chi connectivity index (χ1) is 13.9. The molecule has 1 aromatic carbocycles. The van der Waals surface area contributed by atoms with Crippen LogP contribution in [0.1, 0.15) is 6.92 Å². The molecular formula is C17H23FN6O5. The molecule has 2 fully saturated rings. The summed E-state index contributed by atoms with van der Waals surface area (Å²) in [6.07, 6.45) is -1.10. The van der Waals surface area contributed by atoms with Crippen molar-refractivity contribution >= 4 is 29.4 Å². The summed E-state index contributed by atoms with van der Waals surface area (Å²) in [5.41, 5.74) is 2.67. The van der Waals surface area contributed by atoms with Gasteiger partial charge in [-0.05, 0) is 18.2 Å². The van der Waals surface area contributed by atoms with Gasteiger partial charge in [-0.3, -0.25) is 20.0 Å². The highest BCUT2D eigenvalue weighted by molar-refractivity contribution is 5.90. The quantitative estimate of drug-likeness (QED) is 0.360. The van der Waals surface area contributed by atoms with Crippen molar-refractivity contribution < 1.29 is 28.3 Å². The number of nitrogens with zero attached hydrogens (tertiary/aromatic N) is 3. The number of rotatable bonds is 4. The normalized spacial score (nSPS) is 19.6. The molecule has 0 aromatic heterocycles. The Morgan fingerprint density at radius 1 is 1.31 bits per heavy atom. The Balaban J connectivity index is 1.66. The van der Waals surface area contributed by atoms with E-state index in [1.807, 2.05) is 5.43 Å². The van der Waals surface area contributed by atoms with Crippen molar-refractivity contribution in [3.63, 3.8) is 0 Å². The number of urea groups is 1. The van der Waals surface area contributed by atoms with Crippen LogP contribution in [0.5, 0.6) is 0 Å². The maximum absolute atomic E-state index is 14.8. The molecule has 0 radical (unpaired) electrons. The number of nitrogens with one attached hydrogen (secondary N) is 2. The lowest BCUT2D eigenvalue weighted by molar-refractivity contribution is -0.119. The van der Waals surface area contributed by atoms with Crippen LogP contribution in [0.25, 0.3) is 0 Å². The van der Waals surface area contributed by atoms with Gasteiger partial charge in [-0.2, -0.15) is 0 Å². The van der Waals surface area contributed by atoms with E-state index in [2.05, 4.69) is 5.32 Å². The first-order valence-corrected chi connectivity index (χ1v) is 9.07. The van der Waals surface area contributed by atoms with Crippen LogP contribution in [0.3, 0.4) is 0 Å². The molecule has 12 heteroatoms. The van der Waals surface area contributed by atoms with E-state index in [1.54, 1.807) is 17.0 Å². The molecule has 2 aliphatic rings. The molecule has 0 saturated carbocycles. The molecular weight excluding hydrogens is 387 g/mol. The molecule has 2 aliphatic heterocycles. The predicted molar refractivity (Wildman–Crippen MR) is 100 cm³/mol. The lowest BCUT2D eigenvalue weighted by Crippen LogP contribution is -2.44. The number of benzene rings is 1. The van der Waals surface area contributed by atoms with Crippen molar-refractivity contribution in [1.29, 1.82) is 0 Å². The molecule has 0 unspecified atom stereocenters. The van der Waals surface area contributed by atoms with Crippen molar-refractivity contribution in [2.75, 3.05) is 49.1 Å². The number of carbonyl (C=O) groups excluding carboxylic acids is 3. The summed E-state index contributed by atoms with van der Waals surface area (Å²) >= 11 is 0. The number of hydrogen-bond donors (Lipinski definition) is 3. The summed E-state index contributed by atoms with van der Waals surface area (Å²) < 4.78 is 20.0. The number of hydrazine groups is 1. The highest BCUT2D eigenvalue weighted by Gasteiger charge is 2.33. The number of ether oxygens (including phenoxy) is 1. The minimum absolute atomic E-state index is 0.178. The van der Waals surface area contributed by atoms with Crippen molar-refractivity contribution in [2.24, 2.45) is 5.84 Å². The van der Waals surface area contributed by atoms with E-state index < -0.39 is 24.0 Å². The Bertz CT molecular complexity index is 794. The lowest BCUT2D eigenvalue weighted by Gasteiger charge is -2.23. The number of hydrogen-bond acceptors (Lipinski definition) is 7. The standard InChI is InChI=1S/C17H23FN6O5/c1-11(25)20-9-13-10-23(17(27)29-13)12-2-3-15(14(18)8-12)22-4-5-24(16(26)21-19)28-7-6-22/h2-3,8,13H,4-7,9-10,19H2,1H3,(H,20,25)(H,21,26)/t13-/m0/s1. The molecule has 0 spiro atoms. The molecule has 1 atom stereocenters. The van der Waals surface area contributed by atoms with E-state index in [9.17, 15) is 18.8 Å². The Morgan fingerprint density at radius 2 is 2.10 bits per heavy atom. The fourth-order valence-electron chi connectivity index (χ4n) is 3.14. The van der Waals surface area contributed by atoms with Gasteiger partial charge in [0.25, 0.3) is 0 Å². The van der Waals surface area contributed by atoms with E-state index in [0.29, 0.717) is 24.5 Å². The Kier molecular flexibility index (Phi) is 6.34. The molecule has 3 rings (SSSR count). The molecule has 0 bridgehead atoms. The van der Waals surface area contributed by atoms with Gasteiger partial charge in [-0.1, -0.05) is 0 Å². The number of nitrogens with two attached hydrogens (primary N) is 1. The van der Waals surface area contributed by atoms with Crippen molar-refractivity contribution in [3.8, 4) is 0 Å². The summed E-state index contributed by atoms with van der Waals surface area (Å²) in [6.45, 7) is 2.87. The molecule has 4 amide bonds. The third kappa shape index (κ3) is 4.84. The minimum Gasteiger partial charge on any atom is -0.442 e. The largest absolute Gasteiger partial charge is 0.442 e. The SMILES string of the molecule is CC(=O)NC[C@H]1CN(c2ccc(N3CCON(C(=O)NN)CC3)c(F)c2)C(=O)O1. The number of cyclic esters (lactones) is 1. The molecule has 2 saturated heterocycles. The second-order valence-electron chi connectivity index (χ2n) is 6.56. The average molecular weight is 410 g/mol. The van der Waals surface area contributed by atoms with E-state index >= 15 is 0 Å². The molecule has 158 valence electrons. The van der Waals surface area contributed by atoms with Gasteiger partial charge in [0, 0.05) is 20.0 Å². The van der Waals surface area contributed by atoms with Gasteiger partial charge in [-0.25, -0.2) is 24.9 Å². The maximum atomic E-state index is 14.8. The van der Waals surface area contributed by atoms with Crippen LogP contribution in [0.4, 0.5) is 25.4 Å². The van der Waals surface area contributed by atoms with Gasteiger partial charge in [0.05, 0.1) is 37.6 Å². The van der Waals surface area contributed by atoms with Crippen LogP contribution in [0.2, 0.25) is 0 Å². The molecule has 11 nitrogen and oxygen atoms in total. The highest BCUT2D eigenvalue weighted by atomic mass is 19.1. The lowest BCUT2D eigenvalue weighted by atomic mass is 10.2. The first kappa shape index (κ1) is 20.6. The minimum atomic E-state index is -0.598. The maximum Gasteiger partial charge on any atom is 0.414 e. The highest BCUT2D eigenvalue weighted by Crippen LogP contribution is 2.28. The third-order valence-electron chi connectivity index (χ3n) is 4.57. The van der Waals surface area contributed by atoms with Gasteiger partial charge >= 0.3 is 12.1 Å². The number of carbonyl (C=O) groups is 3. The summed E-state index contributed by atoms with van der Waals surface area (Å²) in [5, 5.41) is 3.67. The van der Waals surface area contributed by atoms with Gasteiger partial charge in [0.1, 0.15) is 11.9 Å². The van der Waals surface area contributed by atoms with Crippen molar-refractivity contribution in [2.45, 2.75) is 13.0 Å². The third-order valence-corrected chi connectivity index (χ3v) is 4.57. The van der Waals surface area contributed by atoms with E-state index in [-0.39, 0.29) is 32.1 Å². The van der Waals surface area contributed by atoms with Crippen LogP contribution >= 0.6 is 0 Å². The fraction of sp³-hybridized carbons (Fsp3) is 0.471. The second-order valence-corrected chi connectivity index (χ2v) is 6.56. The number of amides is 4. The summed E-state index contributed by atoms with van der Waals surface area (Å²) in [4.78, 5) is 43.0. The van der Waals surface area contributed by atoms with Gasteiger partial charge < -0.3 is 15.0 Å². The Hall–Kier alpha value is -3.12. The Labute approximate surface area is 166 Å². The van der Waals surface area contributed by atoms with Gasteiger partial charge in [-0.15, -0.1) is 0 Å². The number of halogens is 1. The van der Waals surface area contributed by atoms with E-state index in [4.69, 9.17) is 15.4 Å². The summed E-state index contributed by atoms with van der Waals surface area (Å²) in [6, 6.07) is 3.87. The topological polar surface area (TPSA) is 129 Å². The van der Waals surface area contributed by atoms with Crippen LogP contribution in [-0.2, 0) is 14.4 Å². The van der Waals surface area contributed by atoms with Gasteiger partial charge in [0.15, 0.2) is 0 Å². The van der Waals surface area contributed by atoms with Crippen LogP contribution < -0.4 is 26.4 Å². The van der Waals surface area contributed by atoms with Crippen molar-refractivity contribution in [1.82, 2.24) is 15.8 Å². The van der Waals surface area contributed by atoms with Crippen LogP contribution in [0.15, 0.2) is 18.2 Å².